The first kappa shape index (κ1) is 11.9. The Balaban J connectivity index is 2.27. The molecule has 2 rings (SSSR count). The topological polar surface area (TPSA) is 72.4 Å². The molecule has 1 aromatic rings. The van der Waals surface area contributed by atoms with Crippen LogP contribution in [-0.2, 0) is 7.05 Å². The second kappa shape index (κ2) is 5.14. The van der Waals surface area contributed by atoms with E-state index < -0.39 is 0 Å². The van der Waals surface area contributed by atoms with Crippen LogP contribution in [0.25, 0.3) is 0 Å². The second-order valence-electron chi connectivity index (χ2n) is 4.42. The van der Waals surface area contributed by atoms with Crippen molar-refractivity contribution in [2.45, 2.75) is 31.7 Å². The van der Waals surface area contributed by atoms with E-state index in [9.17, 15) is 4.79 Å². The number of nitrogens with two attached hydrogens (primary N) is 1. The summed E-state index contributed by atoms with van der Waals surface area (Å²) in [5.41, 5.74) is 3.29. The average Bonchev–Trinajstić information content (AvgIpc) is 2.82. The van der Waals surface area contributed by atoms with E-state index in [0.29, 0.717) is 11.9 Å². The fraction of sp³-hybridized carbons (Fsp3) is 0.500. The first-order valence-corrected chi connectivity index (χ1v) is 5.92. The molecule has 0 spiro atoms. The molecule has 1 saturated carbocycles. The number of aryl methyl sites for hydroxylation is 1. The van der Waals surface area contributed by atoms with Crippen molar-refractivity contribution in [1.29, 1.82) is 0 Å². The zero-order valence-electron chi connectivity index (χ0n) is 10.0. The van der Waals surface area contributed by atoms with E-state index in [2.05, 4.69) is 10.4 Å². The zero-order valence-corrected chi connectivity index (χ0v) is 10.0. The quantitative estimate of drug-likeness (QED) is 0.339. The third kappa shape index (κ3) is 2.74. The van der Waals surface area contributed by atoms with Gasteiger partial charge in [0.15, 0.2) is 0 Å². The van der Waals surface area contributed by atoms with Gasteiger partial charge < -0.3 is 9.99 Å². The Bertz CT molecular complexity index is 472. The molecule has 0 aromatic carbocycles. The minimum absolute atomic E-state index is 0.0585. The number of pyridine rings is 1. The fourth-order valence-corrected chi connectivity index (χ4v) is 2.11. The number of aromatic nitrogens is 1. The van der Waals surface area contributed by atoms with E-state index in [1.165, 1.54) is 17.4 Å². The third-order valence-electron chi connectivity index (χ3n) is 3.15. The van der Waals surface area contributed by atoms with Crippen LogP contribution >= 0.6 is 0 Å². The number of nitrogens with zero attached hydrogens (tertiary/aromatic N) is 2. The SMILES string of the molecule is Cn1ccc(C(=NC2CCCC2)NN)cc1=O. The summed E-state index contributed by atoms with van der Waals surface area (Å²) in [5.74, 6) is 6.09. The van der Waals surface area contributed by atoms with Crippen LogP contribution in [0.4, 0.5) is 0 Å². The molecule has 1 aromatic heterocycles. The maximum absolute atomic E-state index is 11.5. The molecule has 1 fully saturated rings. The predicted molar refractivity (Wildman–Crippen MR) is 67.8 cm³/mol. The van der Waals surface area contributed by atoms with Gasteiger partial charge in [-0.25, -0.2) is 5.84 Å². The van der Waals surface area contributed by atoms with Crippen molar-refractivity contribution in [3.63, 3.8) is 0 Å². The summed E-state index contributed by atoms with van der Waals surface area (Å²) in [7, 11) is 1.72. The van der Waals surface area contributed by atoms with Crippen molar-refractivity contribution in [2.24, 2.45) is 17.9 Å². The number of nitrogens with one attached hydrogen (secondary N) is 1. The number of hydrazine groups is 1. The monoisotopic (exact) mass is 234 g/mol. The first-order chi connectivity index (χ1) is 8.20. The molecule has 5 nitrogen and oxygen atoms in total. The largest absolute Gasteiger partial charge is 0.319 e. The van der Waals surface area contributed by atoms with E-state index >= 15 is 0 Å². The molecule has 1 aliphatic rings. The lowest BCUT2D eigenvalue weighted by Crippen LogP contribution is -2.33. The van der Waals surface area contributed by atoms with Gasteiger partial charge in [0, 0.05) is 24.9 Å². The molecule has 0 unspecified atom stereocenters. The van der Waals surface area contributed by atoms with E-state index in [-0.39, 0.29) is 5.56 Å². The smallest absolute Gasteiger partial charge is 0.250 e. The van der Waals surface area contributed by atoms with Crippen LogP contribution in [0.15, 0.2) is 28.1 Å². The number of hydrogen-bond acceptors (Lipinski definition) is 3. The fourth-order valence-electron chi connectivity index (χ4n) is 2.11. The van der Waals surface area contributed by atoms with Crippen molar-refractivity contribution >= 4 is 5.84 Å². The van der Waals surface area contributed by atoms with Gasteiger partial charge in [0.1, 0.15) is 5.84 Å². The molecule has 5 heteroatoms. The molecule has 0 amide bonds. The summed E-state index contributed by atoms with van der Waals surface area (Å²) in [4.78, 5) is 16.1. The van der Waals surface area contributed by atoms with Gasteiger partial charge in [0.05, 0.1) is 6.04 Å². The van der Waals surface area contributed by atoms with Gasteiger partial charge in [-0.1, -0.05) is 12.8 Å². The molecule has 0 saturated heterocycles. The van der Waals surface area contributed by atoms with Crippen LogP contribution < -0.4 is 16.8 Å². The maximum Gasteiger partial charge on any atom is 0.250 e. The van der Waals surface area contributed by atoms with Crippen LogP contribution in [-0.4, -0.2) is 16.4 Å². The van der Waals surface area contributed by atoms with Gasteiger partial charge >= 0.3 is 0 Å². The molecule has 0 bridgehead atoms. The Morgan fingerprint density at radius 3 is 2.82 bits per heavy atom. The van der Waals surface area contributed by atoms with Gasteiger partial charge in [0.25, 0.3) is 5.56 Å². The van der Waals surface area contributed by atoms with Gasteiger partial charge in [-0.05, 0) is 18.9 Å². The van der Waals surface area contributed by atoms with Gasteiger partial charge in [-0.3, -0.25) is 9.79 Å². The summed E-state index contributed by atoms with van der Waals surface area (Å²) in [6, 6.07) is 3.73. The molecule has 0 radical (unpaired) electrons. The summed E-state index contributed by atoms with van der Waals surface area (Å²) >= 11 is 0. The number of hydrogen-bond donors (Lipinski definition) is 2. The van der Waals surface area contributed by atoms with Crippen LogP contribution in [0.2, 0.25) is 0 Å². The molecule has 3 N–H and O–H groups in total. The standard InChI is InChI=1S/C12H18N4O/c1-16-7-6-9(8-11(16)17)12(15-13)14-10-4-2-3-5-10/h6-8,10H,2-5,13H2,1H3,(H,14,15). The van der Waals surface area contributed by atoms with Crippen LogP contribution in [0.1, 0.15) is 31.2 Å². The maximum atomic E-state index is 11.5. The summed E-state index contributed by atoms with van der Waals surface area (Å²) in [5, 5.41) is 0. The Morgan fingerprint density at radius 2 is 2.24 bits per heavy atom. The average molecular weight is 234 g/mol. The van der Waals surface area contributed by atoms with Gasteiger partial charge in [-0.15, -0.1) is 0 Å². The minimum Gasteiger partial charge on any atom is -0.319 e. The highest BCUT2D eigenvalue weighted by atomic mass is 16.1. The van der Waals surface area contributed by atoms with Crippen molar-refractivity contribution in [1.82, 2.24) is 9.99 Å². The van der Waals surface area contributed by atoms with E-state index in [1.54, 1.807) is 19.3 Å². The highest BCUT2D eigenvalue weighted by Gasteiger charge is 2.15. The lowest BCUT2D eigenvalue weighted by atomic mass is 10.2. The molecule has 17 heavy (non-hydrogen) atoms. The predicted octanol–water partition coefficient (Wildman–Crippen LogP) is 0.538. The Labute approximate surface area is 100 Å². The second-order valence-corrected chi connectivity index (χ2v) is 4.42. The molecular weight excluding hydrogens is 216 g/mol. The van der Waals surface area contributed by atoms with Crippen LogP contribution in [0.3, 0.4) is 0 Å². The zero-order chi connectivity index (χ0) is 12.3. The van der Waals surface area contributed by atoms with Crippen molar-refractivity contribution in [3.8, 4) is 0 Å². The molecular formula is C12H18N4O. The van der Waals surface area contributed by atoms with Crippen molar-refractivity contribution < 1.29 is 0 Å². The summed E-state index contributed by atoms with van der Waals surface area (Å²) in [6.07, 6.45) is 6.39. The van der Waals surface area contributed by atoms with Crippen LogP contribution in [0, 0.1) is 0 Å². The van der Waals surface area contributed by atoms with E-state index in [0.717, 1.165) is 18.4 Å². The van der Waals surface area contributed by atoms with Crippen molar-refractivity contribution in [3.05, 3.63) is 34.2 Å². The number of rotatable bonds is 2. The first-order valence-electron chi connectivity index (χ1n) is 5.92. The normalized spacial score (nSPS) is 17.4. The van der Waals surface area contributed by atoms with Gasteiger partial charge in [-0.2, -0.15) is 0 Å². The Hall–Kier alpha value is -1.62. The minimum atomic E-state index is -0.0585. The lowest BCUT2D eigenvalue weighted by molar-refractivity contribution is 0.700. The van der Waals surface area contributed by atoms with E-state index in [4.69, 9.17) is 5.84 Å². The third-order valence-corrected chi connectivity index (χ3v) is 3.15. The molecule has 0 aliphatic heterocycles. The Kier molecular flexibility index (Phi) is 3.58. The Morgan fingerprint density at radius 1 is 1.53 bits per heavy atom. The summed E-state index contributed by atoms with van der Waals surface area (Å²) in [6.45, 7) is 0. The molecule has 1 heterocycles. The lowest BCUT2D eigenvalue weighted by Gasteiger charge is -2.09. The molecule has 1 aliphatic carbocycles. The highest BCUT2D eigenvalue weighted by Crippen LogP contribution is 2.21. The van der Waals surface area contributed by atoms with Crippen LogP contribution in [0.5, 0.6) is 0 Å². The van der Waals surface area contributed by atoms with Crippen molar-refractivity contribution in [2.75, 3.05) is 0 Å². The molecule has 92 valence electrons. The summed E-state index contributed by atoms with van der Waals surface area (Å²) < 4.78 is 1.52. The number of amidine groups is 1. The van der Waals surface area contributed by atoms with Gasteiger partial charge in [0.2, 0.25) is 0 Å². The number of aliphatic imine (C=N–C) groups is 1. The highest BCUT2D eigenvalue weighted by molar-refractivity contribution is 5.98. The molecule has 0 atom stereocenters. The van der Waals surface area contributed by atoms with E-state index in [1.807, 2.05) is 6.07 Å².